The van der Waals surface area contributed by atoms with Crippen LogP contribution in [-0.4, -0.2) is 29.8 Å². The molecule has 2 fully saturated rings. The van der Waals surface area contributed by atoms with E-state index in [1.54, 1.807) is 0 Å². The number of rotatable bonds is 2. The fourth-order valence-corrected chi connectivity index (χ4v) is 2.13. The Morgan fingerprint density at radius 3 is 2.55 bits per heavy atom. The molecule has 0 aromatic carbocycles. The monoisotopic (exact) mass is 153 g/mol. The molecular weight excluding hydrogens is 138 g/mol. The summed E-state index contributed by atoms with van der Waals surface area (Å²) < 4.78 is 0. The highest BCUT2D eigenvalue weighted by atomic mass is 16.1. The van der Waals surface area contributed by atoms with E-state index in [4.69, 9.17) is 0 Å². The molecule has 0 radical (unpaired) electrons. The van der Waals surface area contributed by atoms with Crippen LogP contribution in [0.3, 0.4) is 0 Å². The lowest BCUT2D eigenvalue weighted by molar-refractivity contribution is -0.112. The molecule has 0 unspecified atom stereocenters. The molecule has 0 amide bonds. The zero-order valence-electron chi connectivity index (χ0n) is 6.83. The predicted octanol–water partition coefficient (Wildman–Crippen LogP) is 1.20. The summed E-state index contributed by atoms with van der Waals surface area (Å²) in [5, 5.41) is 0. The normalized spacial score (nSPS) is 33.6. The number of likely N-dealkylation sites (tertiary alicyclic amines) is 1. The van der Waals surface area contributed by atoms with Gasteiger partial charge in [0.2, 0.25) is 0 Å². The highest BCUT2D eigenvalue weighted by Gasteiger charge is 2.33. The highest BCUT2D eigenvalue weighted by molar-refractivity contribution is 5.58. The molecule has 0 spiro atoms. The van der Waals surface area contributed by atoms with Crippen molar-refractivity contribution < 1.29 is 4.79 Å². The topological polar surface area (TPSA) is 20.3 Å². The Balaban J connectivity index is 1.94. The summed E-state index contributed by atoms with van der Waals surface area (Å²) in [7, 11) is 0. The first-order valence-electron chi connectivity index (χ1n) is 4.63. The maximum atomic E-state index is 10.6. The fraction of sp³-hybridized carbons (Fsp3) is 0.889. The van der Waals surface area contributed by atoms with Gasteiger partial charge >= 0.3 is 0 Å². The lowest BCUT2D eigenvalue weighted by Crippen LogP contribution is -2.43. The van der Waals surface area contributed by atoms with Crippen LogP contribution in [0.5, 0.6) is 0 Å². The first kappa shape index (κ1) is 7.29. The number of nitrogens with zero attached hydrogens (tertiary/aromatic N) is 1. The number of aldehydes is 1. The van der Waals surface area contributed by atoms with Crippen molar-refractivity contribution in [1.29, 1.82) is 0 Å². The van der Waals surface area contributed by atoms with Crippen LogP contribution < -0.4 is 0 Å². The molecule has 0 bridgehead atoms. The molecule has 2 heteroatoms. The van der Waals surface area contributed by atoms with E-state index in [2.05, 4.69) is 4.90 Å². The van der Waals surface area contributed by atoms with Crippen LogP contribution in [0.15, 0.2) is 0 Å². The standard InChI is InChI=1S/C9H15NO/c11-7-9-5-2-6-10(9)8-3-1-4-8/h7-9H,1-6H2/t9-/m0/s1. The first-order chi connectivity index (χ1) is 5.42. The predicted molar refractivity (Wildman–Crippen MR) is 43.4 cm³/mol. The van der Waals surface area contributed by atoms with E-state index in [1.165, 1.54) is 25.7 Å². The molecule has 1 heterocycles. The van der Waals surface area contributed by atoms with E-state index in [1.807, 2.05) is 0 Å². The minimum absolute atomic E-state index is 0.264. The zero-order chi connectivity index (χ0) is 7.68. The first-order valence-corrected chi connectivity index (χ1v) is 4.63. The largest absolute Gasteiger partial charge is 0.302 e. The van der Waals surface area contributed by atoms with Gasteiger partial charge in [-0.1, -0.05) is 6.42 Å². The lowest BCUT2D eigenvalue weighted by Gasteiger charge is -2.36. The summed E-state index contributed by atoms with van der Waals surface area (Å²) in [6.45, 7) is 1.16. The molecule has 1 atom stereocenters. The second-order valence-corrected chi connectivity index (χ2v) is 3.67. The van der Waals surface area contributed by atoms with Crippen LogP contribution in [0, 0.1) is 0 Å². The Hall–Kier alpha value is -0.370. The molecule has 0 aromatic heterocycles. The van der Waals surface area contributed by atoms with E-state index >= 15 is 0 Å². The molecule has 1 saturated heterocycles. The summed E-state index contributed by atoms with van der Waals surface area (Å²) in [6.07, 6.45) is 7.46. The van der Waals surface area contributed by atoms with E-state index < -0.39 is 0 Å². The molecule has 2 rings (SSSR count). The second kappa shape index (κ2) is 2.94. The summed E-state index contributed by atoms with van der Waals surface area (Å²) in [5.74, 6) is 0. The van der Waals surface area contributed by atoms with Gasteiger partial charge in [0.1, 0.15) is 6.29 Å². The van der Waals surface area contributed by atoms with Gasteiger partial charge in [-0.05, 0) is 32.2 Å². The molecule has 2 aliphatic rings. The van der Waals surface area contributed by atoms with Gasteiger partial charge in [-0.25, -0.2) is 0 Å². The van der Waals surface area contributed by atoms with Gasteiger partial charge in [0, 0.05) is 6.04 Å². The Kier molecular flexibility index (Phi) is 1.95. The van der Waals surface area contributed by atoms with Crippen molar-refractivity contribution in [1.82, 2.24) is 4.90 Å². The Morgan fingerprint density at radius 2 is 2.00 bits per heavy atom. The number of hydrogen-bond donors (Lipinski definition) is 0. The molecular formula is C9H15NO. The van der Waals surface area contributed by atoms with Gasteiger partial charge in [-0.3, -0.25) is 4.90 Å². The highest BCUT2D eigenvalue weighted by Crippen LogP contribution is 2.30. The maximum absolute atomic E-state index is 10.6. The molecule has 62 valence electrons. The van der Waals surface area contributed by atoms with Gasteiger partial charge < -0.3 is 4.79 Å². The van der Waals surface area contributed by atoms with Gasteiger partial charge in [0.25, 0.3) is 0 Å². The molecule has 1 saturated carbocycles. The zero-order valence-corrected chi connectivity index (χ0v) is 6.83. The molecule has 2 nitrogen and oxygen atoms in total. The summed E-state index contributed by atoms with van der Waals surface area (Å²) in [6, 6.07) is 1.02. The van der Waals surface area contributed by atoms with Crippen molar-refractivity contribution in [2.24, 2.45) is 0 Å². The van der Waals surface area contributed by atoms with Crippen LogP contribution in [0.2, 0.25) is 0 Å². The maximum Gasteiger partial charge on any atom is 0.137 e. The van der Waals surface area contributed by atoms with Crippen molar-refractivity contribution in [3.63, 3.8) is 0 Å². The molecule has 0 aromatic rings. The smallest absolute Gasteiger partial charge is 0.137 e. The van der Waals surface area contributed by atoms with E-state index in [0.717, 1.165) is 25.3 Å². The molecule has 0 N–H and O–H groups in total. The Morgan fingerprint density at radius 1 is 1.18 bits per heavy atom. The fourth-order valence-electron chi connectivity index (χ4n) is 2.13. The van der Waals surface area contributed by atoms with E-state index in [-0.39, 0.29) is 6.04 Å². The average Bonchev–Trinajstić information content (AvgIpc) is 2.32. The quantitative estimate of drug-likeness (QED) is 0.556. The third-order valence-electron chi connectivity index (χ3n) is 3.04. The molecule has 1 aliphatic carbocycles. The van der Waals surface area contributed by atoms with Crippen LogP contribution >= 0.6 is 0 Å². The van der Waals surface area contributed by atoms with Crippen molar-refractivity contribution in [2.45, 2.75) is 44.2 Å². The van der Waals surface area contributed by atoms with Crippen molar-refractivity contribution >= 4 is 6.29 Å². The summed E-state index contributed by atoms with van der Waals surface area (Å²) >= 11 is 0. The van der Waals surface area contributed by atoms with Crippen LogP contribution in [0.1, 0.15) is 32.1 Å². The number of carbonyl (C=O) groups is 1. The van der Waals surface area contributed by atoms with Crippen LogP contribution in [-0.2, 0) is 4.79 Å². The van der Waals surface area contributed by atoms with Crippen molar-refractivity contribution in [2.75, 3.05) is 6.54 Å². The number of carbonyl (C=O) groups excluding carboxylic acids is 1. The van der Waals surface area contributed by atoms with Crippen molar-refractivity contribution in [3.8, 4) is 0 Å². The van der Waals surface area contributed by atoms with Crippen LogP contribution in [0.4, 0.5) is 0 Å². The summed E-state index contributed by atoms with van der Waals surface area (Å²) in [4.78, 5) is 13.0. The van der Waals surface area contributed by atoms with Gasteiger partial charge in [0.05, 0.1) is 6.04 Å². The third-order valence-corrected chi connectivity index (χ3v) is 3.04. The van der Waals surface area contributed by atoms with Gasteiger partial charge in [0.15, 0.2) is 0 Å². The number of hydrogen-bond acceptors (Lipinski definition) is 2. The third kappa shape index (κ3) is 1.20. The molecule has 1 aliphatic heterocycles. The average molecular weight is 153 g/mol. The lowest BCUT2D eigenvalue weighted by atomic mass is 9.91. The van der Waals surface area contributed by atoms with Gasteiger partial charge in [-0.2, -0.15) is 0 Å². The SMILES string of the molecule is O=C[C@@H]1CCCN1C1CCC1. The van der Waals surface area contributed by atoms with E-state index in [9.17, 15) is 4.79 Å². The Labute approximate surface area is 67.6 Å². The Bertz CT molecular complexity index is 154. The minimum atomic E-state index is 0.264. The molecule has 11 heavy (non-hydrogen) atoms. The van der Waals surface area contributed by atoms with E-state index in [0.29, 0.717) is 0 Å². The van der Waals surface area contributed by atoms with Crippen LogP contribution in [0.25, 0.3) is 0 Å². The summed E-state index contributed by atoms with van der Waals surface area (Å²) in [5.41, 5.74) is 0. The minimum Gasteiger partial charge on any atom is -0.302 e. The van der Waals surface area contributed by atoms with Gasteiger partial charge in [-0.15, -0.1) is 0 Å². The second-order valence-electron chi connectivity index (χ2n) is 3.67. The van der Waals surface area contributed by atoms with Crippen molar-refractivity contribution in [3.05, 3.63) is 0 Å².